The summed E-state index contributed by atoms with van der Waals surface area (Å²) in [6.07, 6.45) is 0. The normalized spacial score (nSPS) is 15.5. The molecule has 13 nitrogen and oxygen atoms in total. The molecule has 0 unspecified atom stereocenters. The summed E-state index contributed by atoms with van der Waals surface area (Å²) in [5.74, 6) is -27.9. The maximum atomic E-state index is 10.3. The summed E-state index contributed by atoms with van der Waals surface area (Å²) < 4.78 is 0. The molecular weight excluding hydrogens is 280 g/mol. The summed E-state index contributed by atoms with van der Waals surface area (Å²) in [6, 6.07) is 0. The first-order valence-corrected chi connectivity index (χ1v) is 4.14. The molecule has 0 aliphatic heterocycles. The molecule has 0 radical (unpaired) electrons. The molecular formula is C6H12O13. The number of carbonyl (C=O) groups is 1. The fraction of sp³-hybridized carbons (Fsp3) is 0.833. The van der Waals surface area contributed by atoms with Crippen LogP contribution >= 0.6 is 0 Å². The Morgan fingerprint density at radius 3 is 1.11 bits per heavy atom. The molecule has 19 heavy (non-hydrogen) atoms. The van der Waals surface area contributed by atoms with Crippen LogP contribution in [0.2, 0.25) is 0 Å². The highest BCUT2D eigenvalue weighted by molar-refractivity contribution is 5.76. The second kappa shape index (κ2) is 4.27. The molecule has 12 N–H and O–H groups in total. The predicted octanol–water partition coefficient (Wildman–Crippen LogP) is -7.57. The van der Waals surface area contributed by atoms with Gasteiger partial charge in [0.1, 0.15) is 0 Å². The molecule has 0 saturated heterocycles. The molecule has 0 aliphatic rings. The van der Waals surface area contributed by atoms with E-state index in [2.05, 4.69) is 0 Å². The van der Waals surface area contributed by atoms with Gasteiger partial charge in [0.05, 0.1) is 0 Å². The molecule has 0 atom stereocenters. The minimum absolute atomic E-state index is 2.90. The Morgan fingerprint density at radius 2 is 0.895 bits per heavy atom. The molecule has 0 aromatic heterocycles. The van der Waals surface area contributed by atoms with E-state index in [1.54, 1.807) is 0 Å². The van der Waals surface area contributed by atoms with Gasteiger partial charge in [-0.15, -0.1) is 0 Å². The summed E-state index contributed by atoms with van der Waals surface area (Å²) in [4.78, 5) is 10.3. The Kier molecular flexibility index (Phi) is 4.05. The monoisotopic (exact) mass is 292 g/mol. The van der Waals surface area contributed by atoms with Gasteiger partial charge in [-0.2, -0.15) is 0 Å². The molecule has 0 aromatic rings. The van der Waals surface area contributed by atoms with Crippen LogP contribution in [0.15, 0.2) is 0 Å². The maximum Gasteiger partial charge on any atom is 0.370 e. The van der Waals surface area contributed by atoms with Gasteiger partial charge in [0.15, 0.2) is 0 Å². The van der Waals surface area contributed by atoms with Crippen molar-refractivity contribution in [1.82, 2.24) is 0 Å². The van der Waals surface area contributed by atoms with Crippen molar-refractivity contribution in [3.05, 3.63) is 0 Å². The molecule has 0 amide bonds. The van der Waals surface area contributed by atoms with Crippen LogP contribution in [0.4, 0.5) is 0 Å². The third-order valence-corrected chi connectivity index (χ3v) is 2.22. The molecule has 0 spiro atoms. The van der Waals surface area contributed by atoms with Crippen LogP contribution in [-0.2, 0) is 4.79 Å². The maximum absolute atomic E-state index is 10.3. The van der Waals surface area contributed by atoms with Crippen LogP contribution in [0.1, 0.15) is 0 Å². The number of rotatable bonds is 5. The topological polar surface area (TPSA) is 260 Å². The van der Waals surface area contributed by atoms with Gasteiger partial charge in [-0.1, -0.05) is 0 Å². The number of aliphatic carboxylic acids is 1. The Labute approximate surface area is 102 Å². The SMILES string of the molecule is O=C(O)C(O)(O)C(O)(O)C(O)(O)C(O)(O)C(O)(O)O. The first-order chi connectivity index (χ1) is 7.94. The first-order valence-electron chi connectivity index (χ1n) is 4.14. The van der Waals surface area contributed by atoms with Gasteiger partial charge in [0.2, 0.25) is 0 Å². The second-order valence-electron chi connectivity index (χ2n) is 3.63. The standard InChI is InChI=1S/C6H12O13/c7-1(8)2(9,10)3(11,12)4(13,14)5(15,16)6(17,18)19/h9-19H,(H,7,8). The molecule has 0 fully saturated rings. The highest BCUT2D eigenvalue weighted by atomic mass is 16.8. The quantitative estimate of drug-likeness (QED) is 0.210. The van der Waals surface area contributed by atoms with Gasteiger partial charge >= 0.3 is 23.5 Å². The average molecular weight is 292 g/mol. The Bertz CT molecular complexity index is 360. The van der Waals surface area contributed by atoms with E-state index in [0.717, 1.165) is 0 Å². The number of aliphatic hydroxyl groups is 11. The average Bonchev–Trinajstić information content (AvgIpc) is 2.14. The fourth-order valence-corrected chi connectivity index (χ4v) is 0.869. The van der Waals surface area contributed by atoms with Crippen LogP contribution < -0.4 is 0 Å². The number of hydrogen-bond acceptors (Lipinski definition) is 12. The van der Waals surface area contributed by atoms with Gasteiger partial charge < -0.3 is 61.3 Å². The zero-order valence-corrected chi connectivity index (χ0v) is 8.77. The minimum atomic E-state index is -5.17. The third kappa shape index (κ3) is 2.29. The lowest BCUT2D eigenvalue weighted by Gasteiger charge is -2.47. The van der Waals surface area contributed by atoms with E-state index in [1.807, 2.05) is 0 Å². The Morgan fingerprint density at radius 1 is 0.579 bits per heavy atom. The zero-order valence-electron chi connectivity index (χ0n) is 8.77. The predicted molar refractivity (Wildman–Crippen MR) is 45.7 cm³/mol. The Balaban J connectivity index is 5.99. The summed E-state index contributed by atoms with van der Waals surface area (Å²) in [6.45, 7) is 0. The third-order valence-electron chi connectivity index (χ3n) is 2.22. The minimum Gasteiger partial charge on any atom is -0.477 e. The van der Waals surface area contributed by atoms with Crippen LogP contribution in [0.25, 0.3) is 0 Å². The van der Waals surface area contributed by atoms with E-state index in [4.69, 9.17) is 61.3 Å². The second-order valence-corrected chi connectivity index (χ2v) is 3.63. The van der Waals surface area contributed by atoms with Crippen molar-refractivity contribution in [2.75, 3.05) is 0 Å². The zero-order chi connectivity index (χ0) is 16.1. The number of carboxylic acids is 1. The highest BCUT2D eigenvalue weighted by Crippen LogP contribution is 2.38. The van der Waals surface area contributed by atoms with Gasteiger partial charge in [-0.25, -0.2) is 4.79 Å². The smallest absolute Gasteiger partial charge is 0.370 e. The molecule has 0 bridgehead atoms. The fourth-order valence-electron chi connectivity index (χ4n) is 0.869. The Hall–Kier alpha value is -0.970. The van der Waals surface area contributed by atoms with Crippen molar-refractivity contribution >= 4 is 5.97 Å². The van der Waals surface area contributed by atoms with Crippen molar-refractivity contribution in [2.24, 2.45) is 0 Å². The lowest BCUT2D eigenvalue weighted by atomic mass is 9.88. The summed E-state index contributed by atoms with van der Waals surface area (Å²) in [7, 11) is 0. The van der Waals surface area contributed by atoms with Crippen molar-refractivity contribution in [3.8, 4) is 0 Å². The highest BCUT2D eigenvalue weighted by Gasteiger charge is 2.77. The van der Waals surface area contributed by atoms with Crippen LogP contribution in [-0.4, -0.2) is 96.4 Å². The van der Waals surface area contributed by atoms with Crippen molar-refractivity contribution in [2.45, 2.75) is 29.1 Å². The summed E-state index contributed by atoms with van der Waals surface area (Å²) in [5.41, 5.74) is 0. The van der Waals surface area contributed by atoms with Gasteiger partial charge in [-0.05, 0) is 0 Å². The molecule has 0 aromatic carbocycles. The van der Waals surface area contributed by atoms with Gasteiger partial charge in [0.25, 0.3) is 11.6 Å². The van der Waals surface area contributed by atoms with Crippen LogP contribution in [0.5, 0.6) is 0 Å². The molecule has 114 valence electrons. The lowest BCUT2D eigenvalue weighted by Crippen LogP contribution is -2.82. The van der Waals surface area contributed by atoms with E-state index < -0.39 is 35.1 Å². The van der Waals surface area contributed by atoms with Crippen molar-refractivity contribution in [3.63, 3.8) is 0 Å². The van der Waals surface area contributed by atoms with E-state index in [1.165, 1.54) is 0 Å². The molecule has 0 aliphatic carbocycles. The summed E-state index contributed by atoms with van der Waals surface area (Å²) in [5, 5.41) is 104. The van der Waals surface area contributed by atoms with Crippen LogP contribution in [0, 0.1) is 0 Å². The van der Waals surface area contributed by atoms with Gasteiger partial charge in [0, 0.05) is 0 Å². The molecule has 13 heteroatoms. The lowest BCUT2D eigenvalue weighted by molar-refractivity contribution is -0.561. The van der Waals surface area contributed by atoms with Crippen molar-refractivity contribution in [1.29, 1.82) is 0 Å². The van der Waals surface area contributed by atoms with E-state index in [-0.39, 0.29) is 0 Å². The van der Waals surface area contributed by atoms with E-state index in [0.29, 0.717) is 0 Å². The molecule has 0 heterocycles. The van der Waals surface area contributed by atoms with Crippen molar-refractivity contribution < 1.29 is 66.1 Å². The summed E-state index contributed by atoms with van der Waals surface area (Å²) >= 11 is 0. The van der Waals surface area contributed by atoms with E-state index in [9.17, 15) is 4.79 Å². The van der Waals surface area contributed by atoms with Gasteiger partial charge in [-0.3, -0.25) is 0 Å². The largest absolute Gasteiger partial charge is 0.477 e. The molecule has 0 saturated carbocycles. The number of carboxylic acid groups (broad SMARTS) is 1. The van der Waals surface area contributed by atoms with E-state index >= 15 is 0 Å². The number of hydrogen-bond donors (Lipinski definition) is 12. The first kappa shape index (κ1) is 18.0. The van der Waals surface area contributed by atoms with Crippen LogP contribution in [0.3, 0.4) is 0 Å². The molecule has 0 rings (SSSR count).